The zero-order valence-corrected chi connectivity index (χ0v) is 37.6. The van der Waals surface area contributed by atoms with Crippen molar-refractivity contribution in [2.45, 2.75) is 44.9 Å². The summed E-state index contributed by atoms with van der Waals surface area (Å²) in [5.74, 6) is 0.429. The average molecular weight is 852 g/mol. The van der Waals surface area contributed by atoms with Crippen LogP contribution in [0.2, 0.25) is 0 Å². The van der Waals surface area contributed by atoms with Crippen LogP contribution in [-0.4, -0.2) is 4.57 Å². The normalized spacial score (nSPS) is 14.7. The van der Waals surface area contributed by atoms with Gasteiger partial charge in [-0.25, -0.2) is 0 Å². The molecule has 3 nitrogen and oxygen atoms in total. The summed E-state index contributed by atoms with van der Waals surface area (Å²) < 4.78 is 2.45. The standard InChI is InChI=1S/C63H53N3/c1-45-19-15-16-28-57(45)60-43-48(33-41-58(60)46(2)47-31-35-54(36-32-47)64(50-20-7-3-8-21-50)51-22-9-4-10-23-51)49-34-42-63-61(44-49)59-29-17-18-30-62(59)66(63)56-39-37-55(38-40-56)65(52-24-11-5-12-25-52)53-26-13-6-14-27-53/h3-9,11-22,24-43,46,49H,10,23,44H2,1-2H3/t46-,49?/m0/s1. The van der Waals surface area contributed by atoms with E-state index in [0.717, 1.165) is 42.0 Å². The van der Waals surface area contributed by atoms with Crippen LogP contribution in [0.1, 0.15) is 65.1 Å². The molecule has 11 rings (SSSR count). The highest BCUT2D eigenvalue weighted by atomic mass is 15.2. The van der Waals surface area contributed by atoms with Crippen LogP contribution in [-0.2, 0) is 6.42 Å². The first-order chi connectivity index (χ1) is 32.6. The predicted molar refractivity (Wildman–Crippen MR) is 279 cm³/mol. The Kier molecular flexibility index (Phi) is 11.1. The van der Waals surface area contributed by atoms with Gasteiger partial charge in [0.2, 0.25) is 0 Å². The maximum atomic E-state index is 2.49. The number of para-hydroxylation sites is 4. The Bertz CT molecular complexity index is 3190. The van der Waals surface area contributed by atoms with Crippen molar-refractivity contribution in [3.8, 4) is 16.8 Å². The number of aryl methyl sites for hydroxylation is 1. The lowest BCUT2D eigenvalue weighted by Gasteiger charge is -2.29. The minimum Gasteiger partial charge on any atom is -0.314 e. The molecule has 2 atom stereocenters. The second-order valence-corrected chi connectivity index (χ2v) is 17.7. The summed E-state index contributed by atoms with van der Waals surface area (Å²) in [5.41, 5.74) is 20.0. The molecule has 1 heterocycles. The number of rotatable bonds is 11. The number of benzene rings is 8. The van der Waals surface area contributed by atoms with Crippen molar-refractivity contribution in [2.75, 3.05) is 9.80 Å². The lowest BCUT2D eigenvalue weighted by Crippen LogP contribution is -2.17. The summed E-state index contributed by atoms with van der Waals surface area (Å²) in [7, 11) is 0. The van der Waals surface area contributed by atoms with Gasteiger partial charge in [0, 0.05) is 62.7 Å². The van der Waals surface area contributed by atoms with Gasteiger partial charge in [0.15, 0.2) is 0 Å². The lowest BCUT2D eigenvalue weighted by molar-refractivity contribution is 0.822. The van der Waals surface area contributed by atoms with Gasteiger partial charge in [-0.05, 0) is 156 Å². The van der Waals surface area contributed by atoms with Crippen molar-refractivity contribution in [2.24, 2.45) is 0 Å². The molecule has 9 aromatic rings. The van der Waals surface area contributed by atoms with Crippen molar-refractivity contribution in [1.29, 1.82) is 0 Å². The third-order valence-electron chi connectivity index (χ3n) is 13.7. The molecular weight excluding hydrogens is 799 g/mol. The van der Waals surface area contributed by atoms with Gasteiger partial charge in [-0.1, -0.05) is 153 Å². The van der Waals surface area contributed by atoms with E-state index in [9.17, 15) is 0 Å². The predicted octanol–water partition coefficient (Wildman–Crippen LogP) is 17.0. The molecule has 0 amide bonds. The summed E-state index contributed by atoms with van der Waals surface area (Å²) in [6.07, 6.45) is 14.5. The monoisotopic (exact) mass is 851 g/mol. The van der Waals surface area contributed by atoms with Gasteiger partial charge in [0.25, 0.3) is 0 Å². The lowest BCUT2D eigenvalue weighted by atomic mass is 9.81. The van der Waals surface area contributed by atoms with E-state index >= 15 is 0 Å². The molecule has 2 aliphatic carbocycles. The highest BCUT2D eigenvalue weighted by Crippen LogP contribution is 2.43. The average Bonchev–Trinajstić information content (AvgIpc) is 3.72. The molecule has 0 aliphatic heterocycles. The summed E-state index contributed by atoms with van der Waals surface area (Å²) >= 11 is 0. The molecular formula is C63H53N3. The van der Waals surface area contributed by atoms with Crippen molar-refractivity contribution in [3.05, 3.63) is 270 Å². The first-order valence-electron chi connectivity index (χ1n) is 23.4. The molecule has 1 aromatic heterocycles. The number of nitrogens with zero attached hydrogens (tertiary/aromatic N) is 3. The minimum atomic E-state index is 0.190. The topological polar surface area (TPSA) is 11.4 Å². The van der Waals surface area contributed by atoms with Gasteiger partial charge in [-0.3, -0.25) is 0 Å². The summed E-state index contributed by atoms with van der Waals surface area (Å²) in [6, 6.07) is 75.4. The Morgan fingerprint density at radius 2 is 1.15 bits per heavy atom. The van der Waals surface area contributed by atoms with E-state index < -0.39 is 0 Å². The first-order valence-corrected chi connectivity index (χ1v) is 23.4. The molecule has 0 saturated carbocycles. The molecule has 0 spiro atoms. The third kappa shape index (κ3) is 7.77. The maximum Gasteiger partial charge on any atom is 0.0537 e. The van der Waals surface area contributed by atoms with Crippen LogP contribution in [0.15, 0.2) is 236 Å². The highest BCUT2D eigenvalue weighted by molar-refractivity contribution is 5.91. The van der Waals surface area contributed by atoms with Crippen LogP contribution in [0, 0.1) is 6.92 Å². The molecule has 0 radical (unpaired) electrons. The summed E-state index contributed by atoms with van der Waals surface area (Å²) in [6.45, 7) is 4.61. The van der Waals surface area contributed by atoms with Gasteiger partial charge in [-0.15, -0.1) is 0 Å². The molecule has 8 aromatic carbocycles. The van der Waals surface area contributed by atoms with Crippen molar-refractivity contribution in [3.63, 3.8) is 0 Å². The van der Waals surface area contributed by atoms with Crippen LogP contribution in [0.4, 0.5) is 28.4 Å². The van der Waals surface area contributed by atoms with Crippen LogP contribution < -0.4 is 9.80 Å². The number of anilines is 5. The van der Waals surface area contributed by atoms with Gasteiger partial charge in [0.1, 0.15) is 0 Å². The van der Waals surface area contributed by atoms with Crippen molar-refractivity contribution in [1.82, 2.24) is 4.57 Å². The minimum absolute atomic E-state index is 0.190. The maximum absolute atomic E-state index is 2.49. The van der Waals surface area contributed by atoms with Crippen LogP contribution >= 0.6 is 0 Å². The largest absolute Gasteiger partial charge is 0.314 e. The Hall–Kier alpha value is -7.88. The van der Waals surface area contributed by atoms with Crippen LogP contribution in [0.25, 0.3) is 33.8 Å². The number of allylic oxidation sites excluding steroid dienone is 5. The van der Waals surface area contributed by atoms with Crippen LogP contribution in [0.5, 0.6) is 0 Å². The van der Waals surface area contributed by atoms with E-state index in [1.54, 1.807) is 0 Å². The molecule has 0 fully saturated rings. The van der Waals surface area contributed by atoms with Crippen LogP contribution in [0.3, 0.4) is 0 Å². The fourth-order valence-corrected chi connectivity index (χ4v) is 10.3. The Morgan fingerprint density at radius 1 is 0.561 bits per heavy atom. The molecule has 1 unspecified atom stereocenters. The molecule has 320 valence electrons. The van der Waals surface area contributed by atoms with E-state index in [2.05, 4.69) is 265 Å². The molecule has 3 heteroatoms. The number of hydrogen-bond donors (Lipinski definition) is 0. The van der Waals surface area contributed by atoms with E-state index in [4.69, 9.17) is 0 Å². The molecule has 0 saturated heterocycles. The fraction of sp³-hybridized carbons (Fsp3) is 0.111. The Labute approximate surface area is 389 Å². The van der Waals surface area contributed by atoms with E-state index in [1.165, 1.54) is 72.6 Å². The molecule has 0 N–H and O–H groups in total. The first kappa shape index (κ1) is 40.9. The van der Waals surface area contributed by atoms with Gasteiger partial charge in [0.05, 0.1) is 5.52 Å². The quantitative estimate of drug-likeness (QED) is 0.128. The number of fused-ring (bicyclic) bond motifs is 3. The second-order valence-electron chi connectivity index (χ2n) is 17.7. The van der Waals surface area contributed by atoms with Gasteiger partial charge < -0.3 is 14.4 Å². The van der Waals surface area contributed by atoms with E-state index in [0.29, 0.717) is 0 Å². The third-order valence-corrected chi connectivity index (χ3v) is 13.7. The van der Waals surface area contributed by atoms with Crippen molar-refractivity contribution < 1.29 is 0 Å². The molecule has 0 bridgehead atoms. The SMILES string of the molecule is Cc1ccccc1-c1cc(C2C=Cc3c(c4ccccc4n3-c3ccc(N(c4ccccc4)c4ccccc4)cc3)C2)ccc1[C@@H](C)c1ccc(N(C2=CC=CCC2)c2ccccc2)cc1. The Balaban J connectivity index is 0.922. The molecule has 66 heavy (non-hydrogen) atoms. The molecule has 2 aliphatic rings. The van der Waals surface area contributed by atoms with E-state index in [1.807, 2.05) is 0 Å². The summed E-state index contributed by atoms with van der Waals surface area (Å²) in [4.78, 5) is 4.73. The Morgan fingerprint density at radius 3 is 1.82 bits per heavy atom. The fourth-order valence-electron chi connectivity index (χ4n) is 10.3. The van der Waals surface area contributed by atoms with Gasteiger partial charge in [-0.2, -0.15) is 0 Å². The smallest absolute Gasteiger partial charge is 0.0537 e. The zero-order valence-electron chi connectivity index (χ0n) is 37.6. The number of hydrogen-bond acceptors (Lipinski definition) is 2. The number of aromatic nitrogens is 1. The zero-order chi connectivity index (χ0) is 44.4. The van der Waals surface area contributed by atoms with E-state index in [-0.39, 0.29) is 11.8 Å². The summed E-state index contributed by atoms with van der Waals surface area (Å²) in [5, 5.41) is 1.32. The highest BCUT2D eigenvalue weighted by Gasteiger charge is 2.26. The van der Waals surface area contributed by atoms with Gasteiger partial charge >= 0.3 is 0 Å². The van der Waals surface area contributed by atoms with Crippen molar-refractivity contribution >= 4 is 45.4 Å². The second kappa shape index (κ2) is 17.9.